The maximum Gasteiger partial charge on any atom is 0.191 e. The number of halogens is 1. The van der Waals surface area contributed by atoms with Crippen molar-refractivity contribution in [3.05, 3.63) is 29.8 Å². The second-order valence-corrected chi connectivity index (χ2v) is 8.20. The monoisotopic (exact) mass is 521 g/mol. The molecule has 1 heterocycles. The zero-order valence-corrected chi connectivity index (χ0v) is 20.6. The summed E-state index contributed by atoms with van der Waals surface area (Å²) in [7, 11) is 1.70. The fourth-order valence-corrected chi connectivity index (χ4v) is 3.96. The molecule has 2 N–H and O–H groups in total. The number of ether oxygens (including phenoxy) is 2. The normalized spacial score (nSPS) is 16.2. The number of thioether (sulfide) groups is 1. The third kappa shape index (κ3) is 8.78. The van der Waals surface area contributed by atoms with Crippen LogP contribution in [0.4, 0.5) is 0 Å². The molecule has 1 aromatic carbocycles. The van der Waals surface area contributed by atoms with Crippen LogP contribution in [-0.4, -0.2) is 56.9 Å². The number of methoxy groups -OCH3 is 1. The second kappa shape index (κ2) is 14.3. The molecule has 0 spiro atoms. The lowest BCUT2D eigenvalue weighted by molar-refractivity contribution is 0.0794. The fourth-order valence-electron chi connectivity index (χ4n) is 3.19. The first kappa shape index (κ1) is 25.4. The Balaban J connectivity index is 0.00000392. The minimum Gasteiger partial charge on any atom is -0.497 e. The van der Waals surface area contributed by atoms with Crippen molar-refractivity contribution in [2.45, 2.75) is 43.8 Å². The molecule has 7 heteroatoms. The number of nitrogens with one attached hydrogen (secondary N) is 2. The molecule has 0 saturated carbocycles. The predicted molar refractivity (Wildman–Crippen MR) is 132 cm³/mol. The number of rotatable bonds is 10. The maximum atomic E-state index is 5.52. The molecule has 0 amide bonds. The van der Waals surface area contributed by atoms with Gasteiger partial charge in [-0.25, -0.2) is 0 Å². The van der Waals surface area contributed by atoms with Gasteiger partial charge in [-0.15, -0.1) is 24.0 Å². The Morgan fingerprint density at radius 1 is 1.18 bits per heavy atom. The molecule has 160 valence electrons. The van der Waals surface area contributed by atoms with Gasteiger partial charge < -0.3 is 20.1 Å². The molecule has 1 saturated heterocycles. The number of unbranched alkanes of at least 4 members (excludes halogenated alkanes) is 1. The Kier molecular flexibility index (Phi) is 13.0. The number of benzene rings is 1. The van der Waals surface area contributed by atoms with Crippen molar-refractivity contribution in [2.75, 3.05) is 46.2 Å². The van der Waals surface area contributed by atoms with Gasteiger partial charge in [0.15, 0.2) is 5.96 Å². The van der Waals surface area contributed by atoms with Crippen LogP contribution < -0.4 is 15.4 Å². The third-order valence-electron chi connectivity index (χ3n) is 5.05. The SMILES string of the molecule is CCNC(=NCC1(SC)CCOCC1)NCCCCc1ccc(OC)cc1.I. The van der Waals surface area contributed by atoms with Gasteiger partial charge in [0.1, 0.15) is 5.75 Å². The average Bonchev–Trinajstić information content (AvgIpc) is 2.73. The van der Waals surface area contributed by atoms with Crippen LogP contribution in [0.1, 0.15) is 38.2 Å². The molecular formula is C21H36IN3O2S. The standard InChI is InChI=1S/C21H35N3O2S.HI/c1-4-22-20(24-17-21(27-3)12-15-26-16-13-21)23-14-6-5-7-18-8-10-19(25-2)11-9-18;/h8-11H,4-7,12-17H2,1-3H3,(H2,22,23,24);1H. The number of aliphatic imine (C=N–C) groups is 1. The molecule has 1 aromatic rings. The topological polar surface area (TPSA) is 54.9 Å². The Morgan fingerprint density at radius 2 is 1.89 bits per heavy atom. The number of hydrogen-bond donors (Lipinski definition) is 2. The summed E-state index contributed by atoms with van der Waals surface area (Å²) in [5.41, 5.74) is 1.36. The van der Waals surface area contributed by atoms with Gasteiger partial charge in [-0.2, -0.15) is 11.8 Å². The van der Waals surface area contributed by atoms with E-state index in [-0.39, 0.29) is 28.7 Å². The summed E-state index contributed by atoms with van der Waals surface area (Å²) in [6.45, 7) is 6.49. The fraction of sp³-hybridized carbons (Fsp3) is 0.667. The molecular weight excluding hydrogens is 485 g/mol. The quantitative estimate of drug-likeness (QED) is 0.210. The molecule has 5 nitrogen and oxygen atoms in total. The van der Waals surface area contributed by atoms with Gasteiger partial charge >= 0.3 is 0 Å². The van der Waals surface area contributed by atoms with Crippen molar-refractivity contribution in [1.29, 1.82) is 0 Å². The van der Waals surface area contributed by atoms with E-state index in [1.807, 2.05) is 23.9 Å². The highest BCUT2D eigenvalue weighted by Crippen LogP contribution is 2.33. The summed E-state index contributed by atoms with van der Waals surface area (Å²) in [5.74, 6) is 1.85. The minimum absolute atomic E-state index is 0. The summed E-state index contributed by atoms with van der Waals surface area (Å²) >= 11 is 1.93. The van der Waals surface area contributed by atoms with Crippen LogP contribution in [0.15, 0.2) is 29.3 Å². The number of nitrogens with zero attached hydrogens (tertiary/aromatic N) is 1. The Hall–Kier alpha value is -0.670. The van der Waals surface area contributed by atoms with Crippen molar-refractivity contribution < 1.29 is 9.47 Å². The van der Waals surface area contributed by atoms with E-state index in [1.54, 1.807) is 7.11 Å². The smallest absolute Gasteiger partial charge is 0.191 e. The van der Waals surface area contributed by atoms with Crippen LogP contribution in [0.5, 0.6) is 5.75 Å². The van der Waals surface area contributed by atoms with E-state index in [4.69, 9.17) is 14.5 Å². The van der Waals surface area contributed by atoms with E-state index in [9.17, 15) is 0 Å². The summed E-state index contributed by atoms with van der Waals surface area (Å²) in [6, 6.07) is 8.35. The summed E-state index contributed by atoms with van der Waals surface area (Å²) < 4.78 is 11.0. The number of hydrogen-bond acceptors (Lipinski definition) is 4. The number of aryl methyl sites for hydroxylation is 1. The van der Waals surface area contributed by atoms with Gasteiger partial charge in [0.2, 0.25) is 0 Å². The Morgan fingerprint density at radius 3 is 2.50 bits per heavy atom. The van der Waals surface area contributed by atoms with E-state index in [2.05, 4.69) is 35.9 Å². The maximum absolute atomic E-state index is 5.52. The van der Waals surface area contributed by atoms with Gasteiger partial charge in [-0.05, 0) is 63.0 Å². The number of guanidine groups is 1. The average molecular weight is 522 g/mol. The van der Waals surface area contributed by atoms with E-state index in [0.29, 0.717) is 0 Å². The summed E-state index contributed by atoms with van der Waals surface area (Å²) in [5, 5.41) is 6.85. The molecule has 0 aromatic heterocycles. The molecule has 2 rings (SSSR count). The lowest BCUT2D eigenvalue weighted by Crippen LogP contribution is -2.41. The highest BCUT2D eigenvalue weighted by Gasteiger charge is 2.31. The lowest BCUT2D eigenvalue weighted by atomic mass is 9.99. The van der Waals surface area contributed by atoms with Crippen molar-refractivity contribution in [3.8, 4) is 5.75 Å². The van der Waals surface area contributed by atoms with Gasteiger partial charge in [-0.3, -0.25) is 4.99 Å². The Bertz CT molecular complexity index is 563. The van der Waals surface area contributed by atoms with Crippen LogP contribution >= 0.6 is 35.7 Å². The van der Waals surface area contributed by atoms with Crippen molar-refractivity contribution in [2.24, 2.45) is 4.99 Å². The molecule has 28 heavy (non-hydrogen) atoms. The predicted octanol–water partition coefficient (Wildman–Crippen LogP) is 4.10. The van der Waals surface area contributed by atoms with Crippen LogP contribution in [0.25, 0.3) is 0 Å². The van der Waals surface area contributed by atoms with Gasteiger partial charge in [-0.1, -0.05) is 12.1 Å². The first-order chi connectivity index (χ1) is 13.2. The zero-order valence-electron chi connectivity index (χ0n) is 17.5. The van der Waals surface area contributed by atoms with E-state index in [0.717, 1.165) is 76.7 Å². The molecule has 0 bridgehead atoms. The van der Waals surface area contributed by atoms with Gasteiger partial charge in [0.25, 0.3) is 0 Å². The Labute approximate surface area is 191 Å². The first-order valence-corrected chi connectivity index (χ1v) is 11.2. The van der Waals surface area contributed by atoms with E-state index in [1.165, 1.54) is 5.56 Å². The van der Waals surface area contributed by atoms with Crippen LogP contribution in [-0.2, 0) is 11.2 Å². The molecule has 1 aliphatic heterocycles. The largest absolute Gasteiger partial charge is 0.497 e. The van der Waals surface area contributed by atoms with Crippen molar-refractivity contribution in [3.63, 3.8) is 0 Å². The van der Waals surface area contributed by atoms with Gasteiger partial charge in [0.05, 0.1) is 13.7 Å². The summed E-state index contributed by atoms with van der Waals surface area (Å²) in [4.78, 5) is 4.86. The van der Waals surface area contributed by atoms with Crippen LogP contribution in [0.2, 0.25) is 0 Å². The van der Waals surface area contributed by atoms with Gasteiger partial charge in [0, 0.05) is 31.1 Å². The lowest BCUT2D eigenvalue weighted by Gasteiger charge is -2.34. The summed E-state index contributed by atoms with van der Waals surface area (Å²) in [6.07, 6.45) is 7.73. The molecule has 0 radical (unpaired) electrons. The molecule has 0 aliphatic carbocycles. The van der Waals surface area contributed by atoms with Crippen molar-refractivity contribution >= 4 is 41.7 Å². The highest BCUT2D eigenvalue weighted by atomic mass is 127. The van der Waals surface area contributed by atoms with Crippen molar-refractivity contribution in [1.82, 2.24) is 10.6 Å². The molecule has 1 fully saturated rings. The first-order valence-electron chi connectivity index (χ1n) is 9.99. The van der Waals surface area contributed by atoms with Crippen LogP contribution in [0.3, 0.4) is 0 Å². The zero-order chi connectivity index (χ0) is 19.4. The highest BCUT2D eigenvalue weighted by molar-refractivity contribution is 14.0. The van der Waals surface area contributed by atoms with Crippen LogP contribution in [0, 0.1) is 0 Å². The van der Waals surface area contributed by atoms with E-state index < -0.39 is 0 Å². The molecule has 1 aliphatic rings. The third-order valence-corrected chi connectivity index (χ3v) is 6.45. The molecule has 0 unspecified atom stereocenters. The molecule has 0 atom stereocenters. The van der Waals surface area contributed by atoms with E-state index >= 15 is 0 Å². The second-order valence-electron chi connectivity index (χ2n) is 6.93. The minimum atomic E-state index is 0.